The second-order valence-electron chi connectivity index (χ2n) is 5.67. The lowest BCUT2D eigenvalue weighted by atomic mass is 9.97. The Bertz CT molecular complexity index is 497. The highest BCUT2D eigenvalue weighted by atomic mass is 79.9. The van der Waals surface area contributed by atoms with E-state index >= 15 is 0 Å². The van der Waals surface area contributed by atoms with Crippen LogP contribution in [0, 0.1) is 0 Å². The monoisotopic (exact) mass is 358 g/mol. The molecule has 2 aliphatic heterocycles. The van der Waals surface area contributed by atoms with Gasteiger partial charge in [-0.1, -0.05) is 11.6 Å². The molecule has 2 fully saturated rings. The maximum atomic E-state index is 6.15. The number of halogens is 2. The van der Waals surface area contributed by atoms with Crippen molar-refractivity contribution < 1.29 is 4.74 Å². The maximum Gasteiger partial charge on any atom is 0.156 e. The number of nitrogens with zero attached hydrogens (tertiary/aromatic N) is 1. The quantitative estimate of drug-likeness (QED) is 0.877. The van der Waals surface area contributed by atoms with E-state index in [-0.39, 0.29) is 0 Å². The molecule has 2 saturated heterocycles. The van der Waals surface area contributed by atoms with Gasteiger partial charge in [0, 0.05) is 23.7 Å². The maximum absolute atomic E-state index is 6.15. The van der Waals surface area contributed by atoms with Gasteiger partial charge >= 0.3 is 0 Å². The van der Waals surface area contributed by atoms with Crippen LogP contribution in [0.1, 0.15) is 25.7 Å². The number of methoxy groups -OCH3 is 1. The average molecular weight is 360 g/mol. The van der Waals surface area contributed by atoms with Crippen LogP contribution in [0.2, 0.25) is 5.02 Å². The molecule has 3 nitrogen and oxygen atoms in total. The van der Waals surface area contributed by atoms with Crippen molar-refractivity contribution in [2.75, 3.05) is 25.5 Å². The second-order valence-corrected chi connectivity index (χ2v) is 6.96. The van der Waals surface area contributed by atoms with Gasteiger partial charge in [0.1, 0.15) is 0 Å². The van der Waals surface area contributed by atoms with Gasteiger partial charge in [0.15, 0.2) is 5.75 Å². The van der Waals surface area contributed by atoms with E-state index in [4.69, 9.17) is 16.3 Å². The van der Waals surface area contributed by atoms with Gasteiger partial charge in [0.2, 0.25) is 0 Å². The van der Waals surface area contributed by atoms with Gasteiger partial charge < -0.3 is 15.0 Å². The van der Waals surface area contributed by atoms with Crippen molar-refractivity contribution in [2.45, 2.75) is 37.8 Å². The van der Waals surface area contributed by atoms with Crippen molar-refractivity contribution in [3.05, 3.63) is 21.6 Å². The molecule has 0 saturated carbocycles. The number of hydrogen-bond donors (Lipinski definition) is 1. The molecule has 1 aromatic rings. The van der Waals surface area contributed by atoms with Gasteiger partial charge in [0.05, 0.1) is 17.3 Å². The van der Waals surface area contributed by atoms with Gasteiger partial charge in [-0.05, 0) is 60.3 Å². The third-order valence-corrected chi connectivity index (χ3v) is 5.20. The van der Waals surface area contributed by atoms with Crippen molar-refractivity contribution in [1.82, 2.24) is 4.90 Å². The molecule has 0 spiro atoms. The molecule has 5 heteroatoms. The highest BCUT2D eigenvalue weighted by Crippen LogP contribution is 2.38. The zero-order valence-corrected chi connectivity index (χ0v) is 14.0. The molecular weight excluding hydrogens is 340 g/mol. The molecule has 0 aromatic heterocycles. The normalized spacial score (nSPS) is 26.4. The number of nitrogens with one attached hydrogen (secondary N) is 1. The molecular formula is C15H20BrClN2O. The summed E-state index contributed by atoms with van der Waals surface area (Å²) >= 11 is 9.66. The van der Waals surface area contributed by atoms with Gasteiger partial charge in [-0.2, -0.15) is 0 Å². The lowest BCUT2D eigenvalue weighted by Crippen LogP contribution is -2.42. The highest BCUT2D eigenvalue weighted by Gasteiger charge is 2.31. The van der Waals surface area contributed by atoms with Crippen LogP contribution in [0.3, 0.4) is 0 Å². The summed E-state index contributed by atoms with van der Waals surface area (Å²) < 4.78 is 6.38. The molecule has 0 aliphatic carbocycles. The highest BCUT2D eigenvalue weighted by molar-refractivity contribution is 9.10. The summed E-state index contributed by atoms with van der Waals surface area (Å²) in [5.41, 5.74) is 0.989. The molecule has 110 valence electrons. The fourth-order valence-electron chi connectivity index (χ4n) is 3.45. The summed E-state index contributed by atoms with van der Waals surface area (Å²) in [5, 5.41) is 4.35. The van der Waals surface area contributed by atoms with E-state index in [1.807, 2.05) is 12.1 Å². The van der Waals surface area contributed by atoms with Crippen LogP contribution < -0.4 is 10.1 Å². The first-order chi connectivity index (χ1) is 9.67. The van der Waals surface area contributed by atoms with E-state index < -0.39 is 0 Å². The number of benzene rings is 1. The number of hydrogen-bond acceptors (Lipinski definition) is 3. The molecule has 2 unspecified atom stereocenters. The molecule has 0 radical (unpaired) electrons. The number of piperidine rings is 1. The number of anilines is 1. The van der Waals surface area contributed by atoms with Crippen LogP contribution in [0.4, 0.5) is 5.69 Å². The molecule has 0 bridgehead atoms. The number of rotatable bonds is 3. The smallest absolute Gasteiger partial charge is 0.156 e. The molecule has 2 heterocycles. The van der Waals surface area contributed by atoms with Crippen LogP contribution >= 0.6 is 27.5 Å². The van der Waals surface area contributed by atoms with E-state index in [0.717, 1.165) is 27.0 Å². The summed E-state index contributed by atoms with van der Waals surface area (Å²) in [7, 11) is 1.69. The minimum atomic E-state index is 0.508. The molecule has 3 rings (SSSR count). The Labute approximate surface area is 133 Å². The van der Waals surface area contributed by atoms with E-state index in [0.29, 0.717) is 6.04 Å². The first-order valence-corrected chi connectivity index (χ1v) is 8.38. The van der Waals surface area contributed by atoms with Crippen molar-refractivity contribution in [1.29, 1.82) is 0 Å². The standard InChI is InChI=1S/C15H20BrClN2O/c1-20-15-13(16)7-10(17)8-14(15)18-11-4-6-19-5-2-3-12(19)9-11/h7-8,11-12,18H,2-6,9H2,1H3. The third-order valence-electron chi connectivity index (χ3n) is 4.39. The van der Waals surface area contributed by atoms with E-state index in [2.05, 4.69) is 26.1 Å². The summed E-state index contributed by atoms with van der Waals surface area (Å²) in [4.78, 5) is 2.63. The zero-order valence-electron chi connectivity index (χ0n) is 11.7. The van der Waals surface area contributed by atoms with Crippen molar-refractivity contribution in [2.24, 2.45) is 0 Å². The Balaban J connectivity index is 1.74. The summed E-state index contributed by atoms with van der Waals surface area (Å²) in [5.74, 6) is 0.836. The van der Waals surface area contributed by atoms with Crippen LogP contribution in [-0.2, 0) is 0 Å². The van der Waals surface area contributed by atoms with Crippen LogP contribution in [-0.4, -0.2) is 37.2 Å². The van der Waals surface area contributed by atoms with Crippen LogP contribution in [0.5, 0.6) is 5.75 Å². The number of fused-ring (bicyclic) bond motifs is 1. The molecule has 0 amide bonds. The van der Waals surface area contributed by atoms with Crippen LogP contribution in [0.15, 0.2) is 16.6 Å². The van der Waals surface area contributed by atoms with Gasteiger partial charge in [-0.3, -0.25) is 0 Å². The van der Waals surface area contributed by atoms with E-state index in [1.54, 1.807) is 7.11 Å². The SMILES string of the molecule is COc1c(Br)cc(Cl)cc1NC1CCN2CCCC2C1. The minimum absolute atomic E-state index is 0.508. The second kappa shape index (κ2) is 6.12. The average Bonchev–Trinajstić information content (AvgIpc) is 2.85. The third kappa shape index (κ3) is 2.92. The molecule has 20 heavy (non-hydrogen) atoms. The Morgan fingerprint density at radius 2 is 2.20 bits per heavy atom. The van der Waals surface area contributed by atoms with Gasteiger partial charge in [-0.25, -0.2) is 0 Å². The van der Waals surface area contributed by atoms with Crippen molar-refractivity contribution in [3.8, 4) is 5.75 Å². The van der Waals surface area contributed by atoms with Gasteiger partial charge in [0.25, 0.3) is 0 Å². The van der Waals surface area contributed by atoms with Crippen molar-refractivity contribution in [3.63, 3.8) is 0 Å². The van der Waals surface area contributed by atoms with Crippen LogP contribution in [0.25, 0.3) is 0 Å². The lowest BCUT2D eigenvalue weighted by Gasteiger charge is -2.35. The predicted molar refractivity (Wildman–Crippen MR) is 86.9 cm³/mol. The Hall–Kier alpha value is -0.450. The van der Waals surface area contributed by atoms with Crippen molar-refractivity contribution >= 4 is 33.2 Å². The summed E-state index contributed by atoms with van der Waals surface area (Å²) in [6.07, 6.45) is 5.09. The Morgan fingerprint density at radius 1 is 1.35 bits per heavy atom. The first kappa shape index (κ1) is 14.5. The fraction of sp³-hybridized carbons (Fsp3) is 0.600. The zero-order chi connectivity index (χ0) is 14.1. The Kier molecular flexibility index (Phi) is 4.43. The largest absolute Gasteiger partial charge is 0.493 e. The summed E-state index contributed by atoms with van der Waals surface area (Å²) in [6, 6.07) is 5.08. The predicted octanol–water partition coefficient (Wildman–Crippen LogP) is 4.15. The molecule has 1 aromatic carbocycles. The minimum Gasteiger partial charge on any atom is -0.493 e. The number of ether oxygens (including phenoxy) is 1. The summed E-state index contributed by atoms with van der Waals surface area (Å²) in [6.45, 7) is 2.48. The van der Waals surface area contributed by atoms with Gasteiger partial charge in [-0.15, -0.1) is 0 Å². The van der Waals surface area contributed by atoms with E-state index in [1.165, 1.54) is 38.8 Å². The van der Waals surface area contributed by atoms with E-state index in [9.17, 15) is 0 Å². The molecule has 2 atom stereocenters. The Morgan fingerprint density at radius 3 is 3.00 bits per heavy atom. The molecule has 2 aliphatic rings. The molecule has 1 N–H and O–H groups in total. The lowest BCUT2D eigenvalue weighted by molar-refractivity contribution is 0.188. The fourth-order valence-corrected chi connectivity index (χ4v) is 4.42. The topological polar surface area (TPSA) is 24.5 Å². The first-order valence-electron chi connectivity index (χ1n) is 7.21.